The molecular weight excluding hydrogens is 406 g/mol. The predicted molar refractivity (Wildman–Crippen MR) is 116 cm³/mol. The number of benzene rings is 1. The van der Waals surface area contributed by atoms with Crippen LogP contribution in [0.4, 0.5) is 0 Å². The van der Waals surface area contributed by atoms with Gasteiger partial charge < -0.3 is 4.90 Å². The molecule has 1 fully saturated rings. The molecule has 1 aliphatic rings. The SMILES string of the molecule is CSc1ncccc1C(=O)N1CCC(CNS(=O)(=O)c2cc(C)ccc2C)CC1. The van der Waals surface area contributed by atoms with Gasteiger partial charge in [-0.3, -0.25) is 4.79 Å². The standard InChI is InChI=1S/C21H27N3O3S2/c1-15-6-7-16(2)19(13-15)29(26,27)23-14-17-8-11-24(12-9-17)21(25)18-5-4-10-22-20(18)28-3/h4-7,10,13,17,23H,8-9,11-12,14H2,1-3H3. The van der Waals surface area contributed by atoms with Crippen LogP contribution >= 0.6 is 11.8 Å². The molecule has 8 heteroatoms. The minimum Gasteiger partial charge on any atom is -0.339 e. The minimum absolute atomic E-state index is 0.00290. The summed E-state index contributed by atoms with van der Waals surface area (Å²) in [6.07, 6.45) is 5.15. The molecule has 0 bridgehead atoms. The summed E-state index contributed by atoms with van der Waals surface area (Å²) in [6.45, 7) is 5.32. The Morgan fingerprint density at radius 2 is 1.97 bits per heavy atom. The number of carbonyl (C=O) groups excluding carboxylic acids is 1. The zero-order valence-corrected chi connectivity index (χ0v) is 18.6. The van der Waals surface area contributed by atoms with Gasteiger partial charge >= 0.3 is 0 Å². The van der Waals surface area contributed by atoms with Gasteiger partial charge in [0.25, 0.3) is 5.91 Å². The zero-order valence-electron chi connectivity index (χ0n) is 17.0. The molecule has 0 spiro atoms. The van der Waals surface area contributed by atoms with E-state index in [1.165, 1.54) is 11.8 Å². The van der Waals surface area contributed by atoms with Gasteiger partial charge in [-0.1, -0.05) is 12.1 Å². The lowest BCUT2D eigenvalue weighted by atomic mass is 9.97. The van der Waals surface area contributed by atoms with Crippen LogP contribution < -0.4 is 4.72 Å². The van der Waals surface area contributed by atoms with Crippen LogP contribution in [0.3, 0.4) is 0 Å². The molecule has 2 aromatic rings. The van der Waals surface area contributed by atoms with E-state index >= 15 is 0 Å². The second-order valence-electron chi connectivity index (χ2n) is 7.42. The number of sulfonamides is 1. The lowest BCUT2D eigenvalue weighted by Crippen LogP contribution is -2.41. The molecule has 1 aliphatic heterocycles. The third kappa shape index (κ3) is 5.18. The van der Waals surface area contributed by atoms with Crippen LogP contribution in [0.15, 0.2) is 46.5 Å². The summed E-state index contributed by atoms with van der Waals surface area (Å²) in [5.41, 5.74) is 2.29. The Morgan fingerprint density at radius 3 is 2.66 bits per heavy atom. The van der Waals surface area contributed by atoms with Crippen molar-refractivity contribution >= 4 is 27.7 Å². The zero-order chi connectivity index (χ0) is 21.0. The number of amides is 1. The van der Waals surface area contributed by atoms with Gasteiger partial charge in [-0.2, -0.15) is 0 Å². The van der Waals surface area contributed by atoms with Gasteiger partial charge in [0.2, 0.25) is 10.0 Å². The highest BCUT2D eigenvalue weighted by molar-refractivity contribution is 7.98. The molecule has 1 aromatic heterocycles. The topological polar surface area (TPSA) is 79.4 Å². The number of likely N-dealkylation sites (tertiary alicyclic amines) is 1. The third-order valence-corrected chi connectivity index (χ3v) is 7.57. The first-order valence-corrected chi connectivity index (χ1v) is 12.4. The molecule has 1 amide bonds. The Labute approximate surface area is 177 Å². The summed E-state index contributed by atoms with van der Waals surface area (Å²) in [5.74, 6) is 0.213. The van der Waals surface area contributed by atoms with Crippen LogP contribution in [0.1, 0.15) is 34.3 Å². The minimum atomic E-state index is -3.54. The maximum atomic E-state index is 12.8. The van der Waals surface area contributed by atoms with E-state index < -0.39 is 10.0 Å². The van der Waals surface area contributed by atoms with Gasteiger partial charge in [-0.15, -0.1) is 11.8 Å². The Hall–Kier alpha value is -1.90. The van der Waals surface area contributed by atoms with E-state index in [2.05, 4.69) is 9.71 Å². The van der Waals surface area contributed by atoms with Crippen molar-refractivity contribution in [3.05, 3.63) is 53.2 Å². The fourth-order valence-electron chi connectivity index (χ4n) is 3.53. The second kappa shape index (κ2) is 9.28. The van der Waals surface area contributed by atoms with Crippen molar-refractivity contribution in [3.8, 4) is 0 Å². The van der Waals surface area contributed by atoms with Crippen LogP contribution in [0.2, 0.25) is 0 Å². The Morgan fingerprint density at radius 1 is 1.24 bits per heavy atom. The van der Waals surface area contributed by atoms with Gasteiger partial charge in [-0.05, 0) is 68.2 Å². The second-order valence-corrected chi connectivity index (χ2v) is 9.95. The molecule has 1 aromatic carbocycles. The maximum absolute atomic E-state index is 12.8. The van der Waals surface area contributed by atoms with Crippen LogP contribution in [0, 0.1) is 19.8 Å². The van der Waals surface area contributed by atoms with Crippen LogP contribution in [0.25, 0.3) is 0 Å². The molecule has 0 atom stereocenters. The largest absolute Gasteiger partial charge is 0.339 e. The van der Waals surface area contributed by atoms with E-state index in [0.717, 1.165) is 29.0 Å². The van der Waals surface area contributed by atoms with E-state index in [1.807, 2.05) is 36.3 Å². The molecule has 0 unspecified atom stereocenters. The summed E-state index contributed by atoms with van der Waals surface area (Å²) in [5, 5.41) is 0.737. The molecule has 0 aliphatic carbocycles. The van der Waals surface area contributed by atoms with Crippen molar-refractivity contribution in [2.24, 2.45) is 5.92 Å². The van der Waals surface area contributed by atoms with Gasteiger partial charge in [0.15, 0.2) is 0 Å². The normalized spacial score (nSPS) is 15.5. The molecule has 6 nitrogen and oxygen atoms in total. The number of aromatic nitrogens is 1. The van der Waals surface area contributed by atoms with Crippen molar-refractivity contribution in [1.82, 2.24) is 14.6 Å². The number of thioether (sulfide) groups is 1. The fourth-order valence-corrected chi connectivity index (χ4v) is 5.51. The lowest BCUT2D eigenvalue weighted by molar-refractivity contribution is 0.0687. The molecular formula is C21H27N3O3S2. The van der Waals surface area contributed by atoms with Crippen LogP contribution in [-0.2, 0) is 10.0 Å². The van der Waals surface area contributed by atoms with Crippen LogP contribution in [-0.4, -0.2) is 50.1 Å². The average molecular weight is 434 g/mol. The highest BCUT2D eigenvalue weighted by Crippen LogP contribution is 2.23. The van der Waals surface area contributed by atoms with Crippen LogP contribution in [0.5, 0.6) is 0 Å². The number of carbonyl (C=O) groups is 1. The van der Waals surface area contributed by atoms with Crippen molar-refractivity contribution in [2.45, 2.75) is 36.6 Å². The number of aryl methyl sites for hydroxylation is 2. The first-order valence-electron chi connectivity index (χ1n) is 9.67. The number of piperidine rings is 1. The molecule has 0 saturated carbocycles. The summed E-state index contributed by atoms with van der Waals surface area (Å²) in [6, 6.07) is 9.03. The van der Waals surface area contributed by atoms with Gasteiger partial charge in [-0.25, -0.2) is 18.1 Å². The number of hydrogen-bond acceptors (Lipinski definition) is 5. The smallest absolute Gasteiger partial charge is 0.256 e. The van der Waals surface area contributed by atoms with E-state index in [9.17, 15) is 13.2 Å². The average Bonchev–Trinajstić information content (AvgIpc) is 2.73. The van der Waals surface area contributed by atoms with Gasteiger partial charge in [0, 0.05) is 25.8 Å². The van der Waals surface area contributed by atoms with E-state index in [0.29, 0.717) is 30.1 Å². The van der Waals surface area contributed by atoms with Crippen molar-refractivity contribution in [1.29, 1.82) is 0 Å². The highest BCUT2D eigenvalue weighted by atomic mass is 32.2. The molecule has 2 heterocycles. The summed E-state index contributed by atoms with van der Waals surface area (Å²) < 4.78 is 28.1. The molecule has 1 N–H and O–H groups in total. The maximum Gasteiger partial charge on any atom is 0.256 e. The lowest BCUT2D eigenvalue weighted by Gasteiger charge is -2.32. The molecule has 1 saturated heterocycles. The summed E-state index contributed by atoms with van der Waals surface area (Å²) in [7, 11) is -3.54. The Balaban J connectivity index is 1.57. The van der Waals surface area contributed by atoms with E-state index in [1.54, 1.807) is 25.3 Å². The monoisotopic (exact) mass is 433 g/mol. The Bertz CT molecular complexity index is 984. The summed E-state index contributed by atoms with van der Waals surface area (Å²) >= 11 is 1.46. The first kappa shape index (κ1) is 21.8. The molecule has 156 valence electrons. The number of nitrogens with one attached hydrogen (secondary N) is 1. The predicted octanol–water partition coefficient (Wildman–Crippen LogP) is 3.25. The van der Waals surface area contributed by atoms with E-state index in [4.69, 9.17) is 0 Å². The number of pyridine rings is 1. The third-order valence-electron chi connectivity index (χ3n) is 5.29. The van der Waals surface area contributed by atoms with Crippen molar-refractivity contribution < 1.29 is 13.2 Å². The first-order chi connectivity index (χ1) is 13.8. The number of nitrogens with zero attached hydrogens (tertiary/aromatic N) is 2. The van der Waals surface area contributed by atoms with Crippen molar-refractivity contribution in [3.63, 3.8) is 0 Å². The Kier molecular flexibility index (Phi) is 6.97. The number of hydrogen-bond donors (Lipinski definition) is 1. The molecule has 29 heavy (non-hydrogen) atoms. The molecule has 3 rings (SSSR count). The van der Waals surface area contributed by atoms with E-state index in [-0.39, 0.29) is 11.8 Å². The molecule has 0 radical (unpaired) electrons. The van der Waals surface area contributed by atoms with Gasteiger partial charge in [0.1, 0.15) is 5.03 Å². The highest BCUT2D eigenvalue weighted by Gasteiger charge is 2.26. The fraction of sp³-hybridized carbons (Fsp3) is 0.429. The quantitative estimate of drug-likeness (QED) is 0.708. The van der Waals surface area contributed by atoms with Gasteiger partial charge in [0.05, 0.1) is 10.5 Å². The van der Waals surface area contributed by atoms with Crippen molar-refractivity contribution in [2.75, 3.05) is 25.9 Å². The number of rotatable bonds is 6. The summed E-state index contributed by atoms with van der Waals surface area (Å²) in [4.78, 5) is 19.3.